The van der Waals surface area contributed by atoms with Crippen molar-refractivity contribution in [3.8, 4) is 11.5 Å². The van der Waals surface area contributed by atoms with Crippen molar-refractivity contribution < 1.29 is 9.47 Å². The highest BCUT2D eigenvalue weighted by molar-refractivity contribution is 5.84. The Hall–Kier alpha value is -1.84. The molecule has 4 heteroatoms. The summed E-state index contributed by atoms with van der Waals surface area (Å²) in [5.74, 6) is 1.38. The van der Waals surface area contributed by atoms with Gasteiger partial charge in [0.25, 0.3) is 0 Å². The summed E-state index contributed by atoms with van der Waals surface area (Å²) in [7, 11) is 3.22. The summed E-state index contributed by atoms with van der Waals surface area (Å²) in [5.41, 5.74) is 1.79. The summed E-state index contributed by atoms with van der Waals surface area (Å²) in [5, 5.41) is 0.982. The quantitative estimate of drug-likeness (QED) is 0.750. The molecule has 0 spiro atoms. The van der Waals surface area contributed by atoms with Gasteiger partial charge in [0.05, 0.1) is 19.7 Å². The third kappa shape index (κ3) is 1.58. The number of rotatable bonds is 2. The number of methoxy groups -OCH3 is 2. The summed E-state index contributed by atoms with van der Waals surface area (Å²) < 4.78 is 10.4. The number of fused-ring (bicyclic) bond motifs is 1. The molecule has 0 saturated heterocycles. The van der Waals surface area contributed by atoms with Crippen LogP contribution in [0.25, 0.3) is 10.9 Å². The van der Waals surface area contributed by atoms with Gasteiger partial charge in [-0.1, -0.05) is 0 Å². The lowest BCUT2D eigenvalue weighted by atomic mass is 10.2. The predicted octanol–water partition coefficient (Wildman–Crippen LogP) is 1.96. The van der Waals surface area contributed by atoms with Crippen LogP contribution in [-0.2, 0) is 0 Å². The van der Waals surface area contributed by atoms with Gasteiger partial charge in [-0.3, -0.25) is 0 Å². The van der Waals surface area contributed by atoms with E-state index in [-0.39, 0.29) is 0 Å². The molecule has 15 heavy (non-hydrogen) atoms. The van der Waals surface area contributed by atoms with Crippen LogP contribution in [0.5, 0.6) is 11.5 Å². The zero-order valence-corrected chi connectivity index (χ0v) is 8.94. The molecule has 1 aromatic carbocycles. The molecular formula is C11H12N2O2. The first-order chi connectivity index (χ1) is 7.26. The smallest absolute Gasteiger partial charge is 0.162 e. The van der Waals surface area contributed by atoms with E-state index < -0.39 is 0 Å². The number of hydrogen-bond donors (Lipinski definition) is 0. The zero-order chi connectivity index (χ0) is 10.8. The van der Waals surface area contributed by atoms with Crippen molar-refractivity contribution in [3.63, 3.8) is 0 Å². The Balaban J connectivity index is 2.75. The summed E-state index contributed by atoms with van der Waals surface area (Å²) >= 11 is 0. The van der Waals surface area contributed by atoms with Crippen LogP contribution in [0.1, 0.15) is 5.69 Å². The van der Waals surface area contributed by atoms with Crippen LogP contribution in [0.4, 0.5) is 0 Å². The Kier molecular flexibility index (Phi) is 2.41. The van der Waals surface area contributed by atoms with Crippen molar-refractivity contribution in [2.75, 3.05) is 14.2 Å². The van der Waals surface area contributed by atoms with Crippen molar-refractivity contribution in [2.45, 2.75) is 6.92 Å². The monoisotopic (exact) mass is 204 g/mol. The fourth-order valence-electron chi connectivity index (χ4n) is 1.51. The topological polar surface area (TPSA) is 44.2 Å². The van der Waals surface area contributed by atoms with Crippen LogP contribution in [0, 0.1) is 6.92 Å². The Morgan fingerprint density at radius 3 is 2.33 bits per heavy atom. The molecule has 0 saturated carbocycles. The van der Waals surface area contributed by atoms with Crippen LogP contribution in [0.2, 0.25) is 0 Å². The third-order valence-corrected chi connectivity index (χ3v) is 2.34. The average molecular weight is 204 g/mol. The Morgan fingerprint density at radius 2 is 1.67 bits per heavy atom. The molecule has 78 valence electrons. The molecule has 0 unspecified atom stereocenters. The van der Waals surface area contributed by atoms with E-state index in [0.29, 0.717) is 11.5 Å². The van der Waals surface area contributed by atoms with Crippen molar-refractivity contribution in [1.29, 1.82) is 0 Å². The molecule has 4 nitrogen and oxygen atoms in total. The second kappa shape index (κ2) is 3.73. The van der Waals surface area contributed by atoms with Crippen LogP contribution in [0.3, 0.4) is 0 Å². The number of nitrogens with zero attached hydrogens (tertiary/aromatic N) is 2. The fourth-order valence-corrected chi connectivity index (χ4v) is 1.51. The molecule has 0 atom stereocenters. The molecule has 0 bridgehead atoms. The first-order valence-electron chi connectivity index (χ1n) is 4.59. The van der Waals surface area contributed by atoms with Crippen molar-refractivity contribution in [3.05, 3.63) is 24.2 Å². The van der Waals surface area contributed by atoms with E-state index in [1.165, 1.54) is 0 Å². The van der Waals surface area contributed by atoms with Gasteiger partial charge in [-0.25, -0.2) is 9.97 Å². The Bertz CT molecular complexity index is 497. The first kappa shape index (κ1) is 9.71. The average Bonchev–Trinajstić information content (AvgIpc) is 2.28. The molecule has 1 aromatic heterocycles. The van der Waals surface area contributed by atoms with E-state index in [0.717, 1.165) is 16.6 Å². The van der Waals surface area contributed by atoms with Crippen molar-refractivity contribution in [2.24, 2.45) is 0 Å². The summed E-state index contributed by atoms with van der Waals surface area (Å²) in [4.78, 5) is 8.31. The summed E-state index contributed by atoms with van der Waals surface area (Å²) in [6.07, 6.45) is 1.55. The molecule has 0 amide bonds. The second-order valence-electron chi connectivity index (χ2n) is 3.18. The van der Waals surface area contributed by atoms with E-state index in [4.69, 9.17) is 9.47 Å². The molecule has 1 heterocycles. The largest absolute Gasteiger partial charge is 0.493 e. The lowest BCUT2D eigenvalue weighted by molar-refractivity contribution is 0.355. The maximum absolute atomic E-state index is 5.22. The minimum atomic E-state index is 0.683. The van der Waals surface area contributed by atoms with E-state index in [1.54, 1.807) is 20.5 Å². The Labute approximate surface area is 87.9 Å². The van der Waals surface area contributed by atoms with E-state index >= 15 is 0 Å². The molecule has 0 aliphatic heterocycles. The predicted molar refractivity (Wildman–Crippen MR) is 57.4 cm³/mol. The van der Waals surface area contributed by atoms with Crippen LogP contribution in [-0.4, -0.2) is 24.2 Å². The van der Waals surface area contributed by atoms with Crippen LogP contribution >= 0.6 is 0 Å². The maximum atomic E-state index is 5.22. The van der Waals surface area contributed by atoms with Gasteiger partial charge in [-0.2, -0.15) is 0 Å². The highest BCUT2D eigenvalue weighted by Gasteiger charge is 2.08. The lowest BCUT2D eigenvalue weighted by Crippen LogP contribution is -1.93. The number of hydrogen-bond acceptors (Lipinski definition) is 4. The maximum Gasteiger partial charge on any atom is 0.162 e. The SMILES string of the molecule is COc1cc2ncnc(C)c2cc1OC. The third-order valence-electron chi connectivity index (χ3n) is 2.34. The number of ether oxygens (including phenoxy) is 2. The highest BCUT2D eigenvalue weighted by atomic mass is 16.5. The van der Waals surface area contributed by atoms with Gasteiger partial charge in [-0.15, -0.1) is 0 Å². The molecule has 0 aliphatic rings. The Morgan fingerprint density at radius 1 is 1.00 bits per heavy atom. The minimum absolute atomic E-state index is 0.683. The minimum Gasteiger partial charge on any atom is -0.493 e. The number of benzene rings is 1. The normalized spacial score (nSPS) is 10.3. The van der Waals surface area contributed by atoms with Gasteiger partial charge >= 0.3 is 0 Å². The first-order valence-corrected chi connectivity index (χ1v) is 4.59. The molecular weight excluding hydrogens is 192 g/mol. The highest BCUT2D eigenvalue weighted by Crippen LogP contribution is 2.31. The van der Waals surface area contributed by atoms with Gasteiger partial charge in [-0.05, 0) is 13.0 Å². The standard InChI is InChI=1S/C11H12N2O2/c1-7-8-4-10(14-2)11(15-3)5-9(8)13-6-12-7/h4-6H,1-3H3. The van der Waals surface area contributed by atoms with Crippen molar-refractivity contribution in [1.82, 2.24) is 9.97 Å². The van der Waals surface area contributed by atoms with E-state index in [2.05, 4.69) is 9.97 Å². The van der Waals surface area contributed by atoms with Gasteiger partial charge in [0.2, 0.25) is 0 Å². The van der Waals surface area contributed by atoms with Gasteiger partial charge in [0.1, 0.15) is 6.33 Å². The summed E-state index contributed by atoms with van der Waals surface area (Å²) in [6, 6.07) is 3.74. The molecule has 2 rings (SSSR count). The second-order valence-corrected chi connectivity index (χ2v) is 3.18. The van der Waals surface area contributed by atoms with E-state index in [1.807, 2.05) is 19.1 Å². The van der Waals surface area contributed by atoms with Crippen LogP contribution < -0.4 is 9.47 Å². The molecule has 0 N–H and O–H groups in total. The van der Waals surface area contributed by atoms with Gasteiger partial charge in [0.15, 0.2) is 11.5 Å². The molecule has 0 fully saturated rings. The molecule has 2 aromatic rings. The van der Waals surface area contributed by atoms with Gasteiger partial charge < -0.3 is 9.47 Å². The molecule has 0 aliphatic carbocycles. The number of aryl methyl sites for hydroxylation is 1. The lowest BCUT2D eigenvalue weighted by Gasteiger charge is -2.09. The van der Waals surface area contributed by atoms with Gasteiger partial charge in [0, 0.05) is 17.1 Å². The number of aromatic nitrogens is 2. The fraction of sp³-hybridized carbons (Fsp3) is 0.273. The van der Waals surface area contributed by atoms with Crippen molar-refractivity contribution >= 4 is 10.9 Å². The summed E-state index contributed by atoms with van der Waals surface area (Å²) in [6.45, 7) is 1.94. The van der Waals surface area contributed by atoms with E-state index in [9.17, 15) is 0 Å². The van der Waals surface area contributed by atoms with Crippen LogP contribution in [0.15, 0.2) is 18.5 Å². The molecule has 0 radical (unpaired) electrons. The zero-order valence-electron chi connectivity index (χ0n) is 8.94.